The molecule has 2 heterocycles. The van der Waals surface area contributed by atoms with Crippen molar-refractivity contribution >= 4 is 23.9 Å². The van der Waals surface area contributed by atoms with E-state index in [0.717, 1.165) is 33.5 Å². The second kappa shape index (κ2) is 11.2. The Morgan fingerprint density at radius 3 is 1.73 bits per heavy atom. The van der Waals surface area contributed by atoms with E-state index in [0.29, 0.717) is 40.2 Å². The van der Waals surface area contributed by atoms with E-state index < -0.39 is 0 Å². The minimum Gasteiger partial charge on any atom is -0.493 e. The third-order valence-corrected chi connectivity index (χ3v) is 7.18. The van der Waals surface area contributed by atoms with E-state index in [1.165, 1.54) is 0 Å². The first-order valence-electron chi connectivity index (χ1n) is 12.7. The van der Waals surface area contributed by atoms with Gasteiger partial charge in [-0.1, -0.05) is 12.2 Å². The summed E-state index contributed by atoms with van der Waals surface area (Å²) in [6.45, 7) is 0. The zero-order valence-corrected chi connectivity index (χ0v) is 23.7. The smallest absolute Gasteiger partial charge is 0.203 e. The molecule has 0 radical (unpaired) electrons. The lowest BCUT2D eigenvalue weighted by Gasteiger charge is -2.39. The van der Waals surface area contributed by atoms with Crippen LogP contribution >= 0.6 is 0 Å². The second-order valence-corrected chi connectivity index (χ2v) is 9.15. The van der Waals surface area contributed by atoms with E-state index in [1.54, 1.807) is 49.8 Å². The van der Waals surface area contributed by atoms with Crippen molar-refractivity contribution in [2.24, 2.45) is 0 Å². The van der Waals surface area contributed by atoms with Crippen LogP contribution in [0.1, 0.15) is 33.9 Å². The van der Waals surface area contributed by atoms with Gasteiger partial charge in [0.15, 0.2) is 34.5 Å². The van der Waals surface area contributed by atoms with Gasteiger partial charge in [0, 0.05) is 11.8 Å². The summed E-state index contributed by atoms with van der Waals surface area (Å²) in [5.41, 5.74) is 6.10. The van der Waals surface area contributed by atoms with Crippen molar-refractivity contribution < 1.29 is 33.2 Å². The average molecular weight is 544 g/mol. The molecule has 1 unspecified atom stereocenters. The third kappa shape index (κ3) is 4.55. The van der Waals surface area contributed by atoms with Crippen LogP contribution in [0.5, 0.6) is 40.2 Å². The van der Waals surface area contributed by atoms with Gasteiger partial charge in [-0.3, -0.25) is 0 Å². The molecule has 3 aromatic carbocycles. The SMILES string of the molecule is COc1cc2c(cc1OC)C1=Cc3cc(OC)c(OC)cc3C(/C=C/c3cc(OC)c(OC)c(OC)c3)N1C=C2. The minimum atomic E-state index is -0.161. The Morgan fingerprint density at radius 1 is 0.600 bits per heavy atom. The molecule has 0 aliphatic carbocycles. The maximum absolute atomic E-state index is 5.66. The van der Waals surface area contributed by atoms with E-state index in [2.05, 4.69) is 35.4 Å². The first kappa shape index (κ1) is 26.9. The molecule has 3 aromatic rings. The van der Waals surface area contributed by atoms with Gasteiger partial charge in [0.1, 0.15) is 0 Å². The zero-order valence-electron chi connectivity index (χ0n) is 23.7. The van der Waals surface area contributed by atoms with E-state index in [-0.39, 0.29) is 6.04 Å². The van der Waals surface area contributed by atoms with Crippen LogP contribution in [-0.4, -0.2) is 54.7 Å². The minimum absolute atomic E-state index is 0.161. The number of fused-ring (bicyclic) bond motifs is 4. The summed E-state index contributed by atoms with van der Waals surface area (Å²) in [4.78, 5) is 2.23. The molecule has 0 saturated carbocycles. The lowest BCUT2D eigenvalue weighted by Crippen LogP contribution is -2.27. The highest BCUT2D eigenvalue weighted by Crippen LogP contribution is 2.48. The summed E-state index contributed by atoms with van der Waals surface area (Å²) < 4.78 is 39.1. The fraction of sp³-hybridized carbons (Fsp3) is 0.250. The molecule has 0 amide bonds. The quantitative estimate of drug-likeness (QED) is 0.312. The molecule has 0 saturated heterocycles. The standard InChI is InChI=1S/C32H33NO7/c1-34-26-15-20-10-11-33-24(9-8-19-12-30(38-5)32(40-7)31(13-19)39-6)23-18-29(37-4)27(35-2)16-21(23)14-25(33)22(20)17-28(26)36-3/h8-18,24H,1-7H3/b9-8+. The van der Waals surface area contributed by atoms with Gasteiger partial charge in [0.2, 0.25) is 5.75 Å². The lowest BCUT2D eigenvalue weighted by atomic mass is 9.88. The van der Waals surface area contributed by atoms with Crippen LogP contribution in [0.25, 0.3) is 23.9 Å². The van der Waals surface area contributed by atoms with Crippen LogP contribution in [0.2, 0.25) is 0 Å². The van der Waals surface area contributed by atoms with Crippen LogP contribution in [0.15, 0.2) is 48.7 Å². The largest absolute Gasteiger partial charge is 0.493 e. The summed E-state index contributed by atoms with van der Waals surface area (Å²) >= 11 is 0. The molecule has 8 heteroatoms. The van der Waals surface area contributed by atoms with Crippen molar-refractivity contribution in [2.75, 3.05) is 49.8 Å². The number of hydrogen-bond acceptors (Lipinski definition) is 8. The fourth-order valence-corrected chi connectivity index (χ4v) is 5.21. The van der Waals surface area contributed by atoms with Crippen LogP contribution in [-0.2, 0) is 0 Å². The molecule has 0 N–H and O–H groups in total. The summed E-state index contributed by atoms with van der Waals surface area (Å²) in [6.07, 6.45) is 10.5. The Balaban J connectivity index is 1.67. The van der Waals surface area contributed by atoms with Gasteiger partial charge in [-0.2, -0.15) is 0 Å². The predicted octanol–water partition coefficient (Wildman–Crippen LogP) is 6.30. The number of ether oxygens (including phenoxy) is 7. The molecule has 5 rings (SSSR count). The second-order valence-electron chi connectivity index (χ2n) is 9.15. The molecule has 2 aliphatic heterocycles. The molecule has 2 aliphatic rings. The number of nitrogens with zero attached hydrogens (tertiary/aromatic N) is 1. The van der Waals surface area contributed by atoms with Crippen molar-refractivity contribution in [3.05, 3.63) is 76.5 Å². The predicted molar refractivity (Wildman–Crippen MR) is 156 cm³/mol. The molecule has 0 bridgehead atoms. The highest BCUT2D eigenvalue weighted by atomic mass is 16.5. The highest BCUT2D eigenvalue weighted by molar-refractivity contribution is 5.91. The number of methoxy groups -OCH3 is 7. The first-order chi connectivity index (χ1) is 19.5. The summed E-state index contributed by atoms with van der Waals surface area (Å²) in [7, 11) is 11.4. The van der Waals surface area contributed by atoms with Gasteiger partial charge in [-0.05, 0) is 70.8 Å². The normalized spacial score (nSPS) is 15.0. The maximum Gasteiger partial charge on any atom is 0.203 e. The van der Waals surface area contributed by atoms with Gasteiger partial charge in [-0.15, -0.1) is 0 Å². The number of rotatable bonds is 9. The molecule has 0 spiro atoms. The fourth-order valence-electron chi connectivity index (χ4n) is 5.21. The van der Waals surface area contributed by atoms with E-state index in [1.807, 2.05) is 36.4 Å². The van der Waals surface area contributed by atoms with Crippen LogP contribution in [0, 0.1) is 0 Å². The number of benzene rings is 3. The van der Waals surface area contributed by atoms with Crippen molar-refractivity contribution in [2.45, 2.75) is 6.04 Å². The Morgan fingerprint density at radius 2 is 1.15 bits per heavy atom. The summed E-state index contributed by atoms with van der Waals surface area (Å²) in [5.74, 6) is 4.40. The Hall–Kier alpha value is -4.72. The molecule has 1 atom stereocenters. The maximum atomic E-state index is 5.66. The topological polar surface area (TPSA) is 67.9 Å². The van der Waals surface area contributed by atoms with Gasteiger partial charge in [0.05, 0.1) is 61.5 Å². The molecular formula is C32H33NO7. The van der Waals surface area contributed by atoms with Gasteiger partial charge in [-0.25, -0.2) is 0 Å². The molecule has 0 fully saturated rings. The molecule has 0 aromatic heterocycles. The van der Waals surface area contributed by atoms with Crippen LogP contribution in [0.3, 0.4) is 0 Å². The van der Waals surface area contributed by atoms with E-state index in [4.69, 9.17) is 33.2 Å². The Kier molecular flexibility index (Phi) is 7.51. The van der Waals surface area contributed by atoms with Crippen molar-refractivity contribution in [3.63, 3.8) is 0 Å². The summed E-state index contributed by atoms with van der Waals surface area (Å²) in [6, 6.07) is 11.7. The monoisotopic (exact) mass is 543 g/mol. The third-order valence-electron chi connectivity index (χ3n) is 7.18. The number of hydrogen-bond donors (Lipinski definition) is 0. The first-order valence-corrected chi connectivity index (χ1v) is 12.7. The van der Waals surface area contributed by atoms with Crippen molar-refractivity contribution in [3.8, 4) is 40.2 Å². The Bertz CT molecular complexity index is 1500. The summed E-state index contributed by atoms with van der Waals surface area (Å²) in [5, 5.41) is 0. The van der Waals surface area contributed by atoms with Crippen molar-refractivity contribution in [1.29, 1.82) is 0 Å². The molecular weight excluding hydrogens is 510 g/mol. The lowest BCUT2D eigenvalue weighted by molar-refractivity contribution is 0.324. The molecule has 208 valence electrons. The Labute approximate surface area is 234 Å². The highest BCUT2D eigenvalue weighted by Gasteiger charge is 2.31. The zero-order chi connectivity index (χ0) is 28.4. The molecule has 40 heavy (non-hydrogen) atoms. The van der Waals surface area contributed by atoms with Crippen LogP contribution < -0.4 is 33.2 Å². The van der Waals surface area contributed by atoms with Gasteiger partial charge < -0.3 is 38.1 Å². The van der Waals surface area contributed by atoms with Gasteiger partial charge in [0.25, 0.3) is 0 Å². The van der Waals surface area contributed by atoms with E-state index in [9.17, 15) is 0 Å². The molecule has 8 nitrogen and oxygen atoms in total. The van der Waals surface area contributed by atoms with E-state index >= 15 is 0 Å². The van der Waals surface area contributed by atoms with Crippen LogP contribution in [0.4, 0.5) is 0 Å². The average Bonchev–Trinajstić information content (AvgIpc) is 3.00. The van der Waals surface area contributed by atoms with Gasteiger partial charge >= 0.3 is 0 Å². The van der Waals surface area contributed by atoms with Crippen molar-refractivity contribution in [1.82, 2.24) is 4.90 Å².